The Kier molecular flexibility index (Phi) is 4.80. The Morgan fingerprint density at radius 2 is 1.72 bits per heavy atom. The van der Waals surface area contributed by atoms with Gasteiger partial charge < -0.3 is 9.67 Å². The van der Waals surface area contributed by atoms with Gasteiger partial charge in [-0.05, 0) is 67.4 Å². The minimum Gasteiger partial charge on any atom is -0.508 e. The van der Waals surface area contributed by atoms with Crippen LogP contribution in [0.3, 0.4) is 0 Å². The van der Waals surface area contributed by atoms with E-state index in [0.29, 0.717) is 5.69 Å². The van der Waals surface area contributed by atoms with Crippen molar-refractivity contribution < 1.29 is 13.5 Å². The number of nitrogens with one attached hydrogen (secondary N) is 1. The summed E-state index contributed by atoms with van der Waals surface area (Å²) in [6.45, 7) is 3.87. The van der Waals surface area contributed by atoms with Gasteiger partial charge in [0.25, 0.3) is 0 Å². The number of aryl methyl sites for hydroxylation is 2. The van der Waals surface area contributed by atoms with E-state index in [1.807, 2.05) is 73.1 Å². The third kappa shape index (κ3) is 3.98. The number of hydrogen-bond donors (Lipinski definition) is 2. The summed E-state index contributed by atoms with van der Waals surface area (Å²) in [6.07, 6.45) is 1.89. The fraction of sp³-hybridized carbons (Fsp3) is 0.130. The Bertz CT molecular complexity index is 1290. The molecule has 0 unspecified atom stereocenters. The first-order valence-corrected chi connectivity index (χ1v) is 10.9. The van der Waals surface area contributed by atoms with Gasteiger partial charge in [-0.15, -0.1) is 0 Å². The Labute approximate surface area is 170 Å². The summed E-state index contributed by atoms with van der Waals surface area (Å²) < 4.78 is 30.4. The van der Waals surface area contributed by atoms with E-state index in [2.05, 4.69) is 4.72 Å². The second-order valence-electron chi connectivity index (χ2n) is 7.23. The highest BCUT2D eigenvalue weighted by Gasteiger charge is 2.16. The lowest BCUT2D eigenvalue weighted by Crippen LogP contribution is -2.16. The van der Waals surface area contributed by atoms with Crippen molar-refractivity contribution >= 4 is 26.6 Å². The van der Waals surface area contributed by atoms with E-state index in [4.69, 9.17) is 0 Å². The molecule has 2 N–H and O–H groups in total. The predicted molar refractivity (Wildman–Crippen MR) is 117 cm³/mol. The molecule has 0 aliphatic rings. The number of rotatable bonds is 5. The zero-order valence-electron chi connectivity index (χ0n) is 16.3. The normalized spacial score (nSPS) is 11.7. The molecule has 0 amide bonds. The Balaban J connectivity index is 1.68. The largest absolute Gasteiger partial charge is 0.508 e. The number of benzene rings is 3. The molecule has 29 heavy (non-hydrogen) atoms. The summed E-state index contributed by atoms with van der Waals surface area (Å²) in [6, 6.07) is 20.1. The van der Waals surface area contributed by atoms with Crippen molar-refractivity contribution in [2.45, 2.75) is 19.6 Å². The molecule has 5 nitrogen and oxygen atoms in total. The SMILES string of the molecule is Cc1ccc(C)c(CS(=O)(=O)Nc2cccc3c2ccn3-c2ccc(O)cc2)c1. The lowest BCUT2D eigenvalue weighted by atomic mass is 10.1. The average molecular weight is 407 g/mol. The number of nitrogens with zero attached hydrogens (tertiary/aromatic N) is 1. The molecule has 0 fully saturated rings. The highest BCUT2D eigenvalue weighted by molar-refractivity contribution is 7.91. The van der Waals surface area contributed by atoms with Crippen molar-refractivity contribution in [3.8, 4) is 11.4 Å². The maximum atomic E-state index is 12.8. The number of phenols is 1. The first kappa shape index (κ1) is 19.1. The Hall–Kier alpha value is -3.25. The number of hydrogen-bond acceptors (Lipinski definition) is 3. The molecule has 0 aliphatic heterocycles. The van der Waals surface area contributed by atoms with Gasteiger partial charge >= 0.3 is 0 Å². The fourth-order valence-corrected chi connectivity index (χ4v) is 4.76. The number of sulfonamides is 1. The Morgan fingerprint density at radius 3 is 2.48 bits per heavy atom. The van der Waals surface area contributed by atoms with Crippen LogP contribution >= 0.6 is 0 Å². The maximum absolute atomic E-state index is 12.8. The second kappa shape index (κ2) is 7.29. The van der Waals surface area contributed by atoms with E-state index in [-0.39, 0.29) is 11.5 Å². The molecule has 0 saturated carbocycles. The maximum Gasteiger partial charge on any atom is 0.236 e. The highest BCUT2D eigenvalue weighted by Crippen LogP contribution is 2.29. The number of fused-ring (bicyclic) bond motifs is 1. The molecule has 1 heterocycles. The summed E-state index contributed by atoms with van der Waals surface area (Å²) in [5.74, 6) is 0.125. The third-order valence-electron chi connectivity index (χ3n) is 4.98. The van der Waals surface area contributed by atoms with Crippen molar-refractivity contribution in [2.75, 3.05) is 4.72 Å². The van der Waals surface area contributed by atoms with Crippen LogP contribution in [0.1, 0.15) is 16.7 Å². The molecule has 0 atom stereocenters. The molecule has 0 radical (unpaired) electrons. The molecule has 0 bridgehead atoms. The van der Waals surface area contributed by atoms with E-state index in [9.17, 15) is 13.5 Å². The summed E-state index contributed by atoms with van der Waals surface area (Å²) in [5, 5.41) is 10.3. The van der Waals surface area contributed by atoms with Crippen LogP contribution in [-0.4, -0.2) is 18.1 Å². The van der Waals surface area contributed by atoms with Crippen LogP contribution in [0.5, 0.6) is 5.75 Å². The van der Waals surface area contributed by atoms with Crippen molar-refractivity contribution in [3.63, 3.8) is 0 Å². The highest BCUT2D eigenvalue weighted by atomic mass is 32.2. The molecule has 0 saturated heterocycles. The lowest BCUT2D eigenvalue weighted by Gasteiger charge is -2.12. The van der Waals surface area contributed by atoms with Gasteiger partial charge in [0.1, 0.15) is 5.75 Å². The smallest absolute Gasteiger partial charge is 0.236 e. The quantitative estimate of drug-likeness (QED) is 0.495. The zero-order chi connectivity index (χ0) is 20.6. The predicted octanol–water partition coefficient (Wildman–Crippen LogP) is 4.89. The van der Waals surface area contributed by atoms with Crippen molar-refractivity contribution in [1.82, 2.24) is 4.57 Å². The second-order valence-corrected chi connectivity index (χ2v) is 8.95. The molecule has 4 aromatic rings. The first-order chi connectivity index (χ1) is 13.8. The molecule has 148 valence electrons. The number of aromatic hydroxyl groups is 1. The van der Waals surface area contributed by atoms with Crippen LogP contribution in [0.2, 0.25) is 0 Å². The summed E-state index contributed by atoms with van der Waals surface area (Å²) in [5.41, 5.74) is 5.10. The number of phenolic OH excluding ortho intramolecular Hbond substituents is 1. The van der Waals surface area contributed by atoms with E-state index < -0.39 is 10.0 Å². The lowest BCUT2D eigenvalue weighted by molar-refractivity contribution is 0.475. The van der Waals surface area contributed by atoms with Crippen LogP contribution in [0.25, 0.3) is 16.6 Å². The van der Waals surface area contributed by atoms with Crippen LogP contribution < -0.4 is 4.72 Å². The van der Waals surface area contributed by atoms with Crippen molar-refractivity contribution in [3.05, 3.63) is 89.6 Å². The molecular weight excluding hydrogens is 384 g/mol. The molecule has 0 aliphatic carbocycles. The average Bonchev–Trinajstić information content (AvgIpc) is 3.10. The number of anilines is 1. The van der Waals surface area contributed by atoms with Crippen LogP contribution in [0.4, 0.5) is 5.69 Å². The molecule has 3 aromatic carbocycles. The minimum absolute atomic E-state index is 0.0738. The van der Waals surface area contributed by atoms with Gasteiger partial charge in [-0.3, -0.25) is 4.72 Å². The van der Waals surface area contributed by atoms with E-state index >= 15 is 0 Å². The van der Waals surface area contributed by atoms with Gasteiger partial charge in [-0.1, -0.05) is 29.8 Å². The fourth-order valence-electron chi connectivity index (χ4n) is 3.46. The van der Waals surface area contributed by atoms with Crippen LogP contribution in [-0.2, 0) is 15.8 Å². The topological polar surface area (TPSA) is 71.3 Å². The minimum atomic E-state index is -3.57. The molecule has 1 aromatic heterocycles. The summed E-state index contributed by atoms with van der Waals surface area (Å²) in [7, 11) is -3.57. The van der Waals surface area contributed by atoms with E-state index in [0.717, 1.165) is 33.3 Å². The first-order valence-electron chi connectivity index (χ1n) is 9.28. The Morgan fingerprint density at radius 1 is 0.966 bits per heavy atom. The van der Waals surface area contributed by atoms with Crippen LogP contribution in [0, 0.1) is 13.8 Å². The summed E-state index contributed by atoms with van der Waals surface area (Å²) >= 11 is 0. The van der Waals surface area contributed by atoms with Gasteiger partial charge in [0.2, 0.25) is 10.0 Å². The summed E-state index contributed by atoms with van der Waals surface area (Å²) in [4.78, 5) is 0. The molecule has 4 rings (SSSR count). The van der Waals surface area contributed by atoms with Gasteiger partial charge in [-0.2, -0.15) is 0 Å². The van der Waals surface area contributed by atoms with Crippen molar-refractivity contribution in [2.24, 2.45) is 0 Å². The van der Waals surface area contributed by atoms with Gasteiger partial charge in [0, 0.05) is 17.3 Å². The van der Waals surface area contributed by atoms with Gasteiger partial charge in [0.05, 0.1) is 17.0 Å². The van der Waals surface area contributed by atoms with Crippen LogP contribution in [0.15, 0.2) is 72.9 Å². The monoisotopic (exact) mass is 406 g/mol. The molecule has 6 heteroatoms. The third-order valence-corrected chi connectivity index (χ3v) is 6.20. The zero-order valence-corrected chi connectivity index (χ0v) is 17.1. The molecular formula is C23H22N2O3S. The van der Waals surface area contributed by atoms with Gasteiger partial charge in [-0.25, -0.2) is 8.42 Å². The van der Waals surface area contributed by atoms with E-state index in [1.165, 1.54) is 0 Å². The van der Waals surface area contributed by atoms with E-state index in [1.54, 1.807) is 18.2 Å². The molecule has 0 spiro atoms. The standard InChI is InChI=1S/C23H22N2O3S/c1-16-6-7-17(2)18(14-16)15-29(27,28)24-22-4-3-5-23-21(22)12-13-25(23)19-8-10-20(26)11-9-19/h3-14,24,26H,15H2,1-2H3. The van der Waals surface area contributed by atoms with Crippen molar-refractivity contribution in [1.29, 1.82) is 0 Å². The number of aromatic nitrogens is 1. The van der Waals surface area contributed by atoms with Gasteiger partial charge in [0.15, 0.2) is 0 Å².